The lowest BCUT2D eigenvalue weighted by Crippen LogP contribution is -2.05. The summed E-state index contributed by atoms with van der Waals surface area (Å²) in [6, 6.07) is 106. The quantitative estimate of drug-likeness (QED) is 0.102. The Morgan fingerprint density at radius 1 is 0.294 bits per heavy atom. The summed E-state index contributed by atoms with van der Waals surface area (Å²) in [5.74, 6) is 1.64. The van der Waals surface area contributed by atoms with Gasteiger partial charge in [-0.25, -0.2) is 15.0 Å². The van der Waals surface area contributed by atoms with Gasteiger partial charge in [0.15, 0.2) is 17.5 Å². The SMILES string of the molecule is C=C/C=C(\C=C)c1cc(-c2ccccc2)cc(-c2nc(-c3ccc(-c4ccccc4)cc3)nc(-c3cc(-c4ccccc4)c(-n4c5ccc(-c6ccccc6)cc5c5cc(-c6ccccc6)cc(-c6ccccc6)c54)c(-c4ccccc4)c3)n2)c1. The number of fused-ring (bicyclic) bond motifs is 3. The maximum absolute atomic E-state index is 5.57. The van der Waals surface area contributed by atoms with Crippen LogP contribution in [0.1, 0.15) is 5.56 Å². The van der Waals surface area contributed by atoms with Crippen LogP contribution < -0.4 is 0 Å². The third-order valence-electron chi connectivity index (χ3n) is 16.0. The molecule has 0 atom stereocenters. The van der Waals surface area contributed by atoms with Crippen molar-refractivity contribution in [2.45, 2.75) is 0 Å². The van der Waals surface area contributed by atoms with Crippen molar-refractivity contribution in [3.05, 3.63) is 334 Å². The number of nitrogens with zero attached hydrogens (tertiary/aromatic N) is 4. The molecule has 0 radical (unpaired) electrons. The van der Waals surface area contributed by atoms with Crippen molar-refractivity contribution in [1.29, 1.82) is 0 Å². The minimum atomic E-state index is 0.539. The standard InChI is InChI=1S/C81H56N4/c1-3-26-55(4-2)66-47-67(58-31-16-7-17-32-58)49-69(48-66)80-82-79(64-43-41-60(42-44-64)56-27-12-5-13-28-56)83-81(84-80)70-53-72(62-37-22-10-23-38-62)77(73(54-70)63-39-24-11-25-40-63)85-76-46-45-65(57-29-14-6-15-30-57)50-74(76)75-52-68(59-33-18-8-19-34-59)51-71(78(75)85)61-35-20-9-21-36-61/h3-54H,1-2H2/b55-26+. The molecule has 0 unspecified atom stereocenters. The highest BCUT2D eigenvalue weighted by Crippen LogP contribution is 2.48. The Balaban J connectivity index is 1.09. The molecule has 0 saturated carbocycles. The van der Waals surface area contributed by atoms with Gasteiger partial charge in [-0.15, -0.1) is 0 Å². The first kappa shape index (κ1) is 51.8. The van der Waals surface area contributed by atoms with Crippen molar-refractivity contribution in [2.75, 3.05) is 0 Å². The summed E-state index contributed by atoms with van der Waals surface area (Å²) in [6.07, 6.45) is 5.66. The van der Waals surface area contributed by atoms with Gasteiger partial charge < -0.3 is 4.57 Å². The molecule has 85 heavy (non-hydrogen) atoms. The van der Waals surface area contributed by atoms with Crippen molar-refractivity contribution < 1.29 is 0 Å². The number of allylic oxidation sites excluding steroid dienone is 4. The molecule has 0 aliphatic heterocycles. The smallest absolute Gasteiger partial charge is 0.164 e. The summed E-state index contributed by atoms with van der Waals surface area (Å²) in [5.41, 5.74) is 23.0. The second-order valence-corrected chi connectivity index (χ2v) is 21.2. The number of hydrogen-bond donors (Lipinski definition) is 0. The van der Waals surface area contributed by atoms with E-state index in [-0.39, 0.29) is 0 Å². The predicted octanol–water partition coefficient (Wildman–Crippen LogP) is 21.4. The topological polar surface area (TPSA) is 43.6 Å². The second-order valence-electron chi connectivity index (χ2n) is 21.2. The molecule has 2 heterocycles. The molecule has 400 valence electrons. The molecular weight excluding hydrogens is 1030 g/mol. The Morgan fingerprint density at radius 3 is 1.13 bits per heavy atom. The van der Waals surface area contributed by atoms with Gasteiger partial charge >= 0.3 is 0 Å². The molecule has 4 nitrogen and oxygen atoms in total. The second kappa shape index (κ2) is 22.9. The van der Waals surface area contributed by atoms with Crippen molar-refractivity contribution in [1.82, 2.24) is 19.5 Å². The first-order chi connectivity index (χ1) is 42.0. The molecular formula is C81H56N4. The zero-order valence-corrected chi connectivity index (χ0v) is 46.7. The van der Waals surface area contributed by atoms with E-state index < -0.39 is 0 Å². The molecule has 0 spiro atoms. The van der Waals surface area contributed by atoms with Crippen molar-refractivity contribution in [3.8, 4) is 118 Å². The normalized spacial score (nSPS) is 11.5. The van der Waals surface area contributed by atoms with Crippen LogP contribution in [-0.2, 0) is 0 Å². The van der Waals surface area contributed by atoms with Crippen LogP contribution >= 0.6 is 0 Å². The van der Waals surface area contributed by atoms with Gasteiger partial charge in [-0.3, -0.25) is 0 Å². The van der Waals surface area contributed by atoms with Gasteiger partial charge in [0, 0.05) is 44.2 Å². The van der Waals surface area contributed by atoms with Crippen LogP contribution in [0.2, 0.25) is 0 Å². The Hall–Kier alpha value is -11.3. The monoisotopic (exact) mass is 1080 g/mol. The van der Waals surface area contributed by atoms with E-state index in [1.54, 1.807) is 6.08 Å². The van der Waals surface area contributed by atoms with E-state index >= 15 is 0 Å². The average molecular weight is 1090 g/mol. The lowest BCUT2D eigenvalue weighted by molar-refractivity contribution is 1.07. The summed E-state index contributed by atoms with van der Waals surface area (Å²) >= 11 is 0. The van der Waals surface area contributed by atoms with E-state index in [1.165, 1.54) is 0 Å². The Bertz CT molecular complexity index is 4720. The summed E-state index contributed by atoms with van der Waals surface area (Å²) in [6.45, 7) is 8.27. The highest BCUT2D eigenvalue weighted by Gasteiger charge is 2.26. The van der Waals surface area contributed by atoms with Crippen LogP contribution in [0, 0.1) is 0 Å². The molecule has 4 heteroatoms. The molecule has 0 amide bonds. The highest BCUT2D eigenvalue weighted by atomic mass is 15.0. The Kier molecular flexibility index (Phi) is 14.0. The lowest BCUT2D eigenvalue weighted by Gasteiger charge is -2.22. The largest absolute Gasteiger partial charge is 0.307 e. The number of rotatable bonds is 14. The maximum atomic E-state index is 5.57. The summed E-state index contributed by atoms with van der Waals surface area (Å²) < 4.78 is 2.54. The number of hydrogen-bond acceptors (Lipinski definition) is 3. The maximum Gasteiger partial charge on any atom is 0.164 e. The third-order valence-corrected chi connectivity index (χ3v) is 16.0. The molecule has 12 aromatic carbocycles. The number of benzene rings is 12. The van der Waals surface area contributed by atoms with Gasteiger partial charge in [0.05, 0.1) is 16.7 Å². The molecule has 14 rings (SSSR count). The molecule has 2 aromatic heterocycles. The van der Waals surface area contributed by atoms with Gasteiger partial charge in [0.25, 0.3) is 0 Å². The molecule has 0 aliphatic rings. The fourth-order valence-electron chi connectivity index (χ4n) is 11.8. The summed E-state index contributed by atoms with van der Waals surface area (Å²) in [7, 11) is 0. The van der Waals surface area contributed by atoms with Crippen molar-refractivity contribution >= 4 is 27.4 Å². The first-order valence-electron chi connectivity index (χ1n) is 28.7. The van der Waals surface area contributed by atoms with Crippen LogP contribution in [0.3, 0.4) is 0 Å². The minimum absolute atomic E-state index is 0.539. The van der Waals surface area contributed by atoms with Crippen LogP contribution in [0.25, 0.3) is 145 Å². The molecule has 14 aromatic rings. The lowest BCUT2D eigenvalue weighted by atomic mass is 9.92. The zero-order valence-electron chi connectivity index (χ0n) is 46.7. The molecule has 0 fully saturated rings. The van der Waals surface area contributed by atoms with E-state index in [4.69, 9.17) is 15.0 Å². The molecule has 0 bridgehead atoms. The van der Waals surface area contributed by atoms with E-state index in [9.17, 15) is 0 Å². The zero-order chi connectivity index (χ0) is 57.1. The van der Waals surface area contributed by atoms with E-state index in [1.807, 2.05) is 24.3 Å². The van der Waals surface area contributed by atoms with Gasteiger partial charge in [0.1, 0.15) is 0 Å². The van der Waals surface area contributed by atoms with Gasteiger partial charge in [-0.2, -0.15) is 0 Å². The van der Waals surface area contributed by atoms with Gasteiger partial charge in [0.2, 0.25) is 0 Å². The number of aromatic nitrogens is 4. The fraction of sp³-hybridized carbons (Fsp3) is 0. The minimum Gasteiger partial charge on any atom is -0.307 e. The van der Waals surface area contributed by atoms with E-state index in [0.29, 0.717) is 17.5 Å². The van der Waals surface area contributed by atoms with Gasteiger partial charge in [-0.1, -0.05) is 274 Å². The van der Waals surface area contributed by atoms with Crippen molar-refractivity contribution in [2.24, 2.45) is 0 Å². The van der Waals surface area contributed by atoms with Gasteiger partial charge in [-0.05, 0) is 127 Å². The Labute approximate surface area is 496 Å². The van der Waals surface area contributed by atoms with Crippen LogP contribution in [0.5, 0.6) is 0 Å². The third kappa shape index (κ3) is 10.2. The predicted molar refractivity (Wildman–Crippen MR) is 357 cm³/mol. The average Bonchev–Trinajstić information content (AvgIpc) is 3.54. The fourth-order valence-corrected chi connectivity index (χ4v) is 11.8. The summed E-state index contributed by atoms with van der Waals surface area (Å²) in [5, 5.41) is 2.30. The molecule has 0 N–H and O–H groups in total. The van der Waals surface area contributed by atoms with Crippen LogP contribution in [-0.4, -0.2) is 19.5 Å². The highest BCUT2D eigenvalue weighted by molar-refractivity contribution is 6.17. The molecule has 0 aliphatic carbocycles. The van der Waals surface area contributed by atoms with E-state index in [0.717, 1.165) is 133 Å². The Morgan fingerprint density at radius 2 is 0.647 bits per heavy atom. The summed E-state index contributed by atoms with van der Waals surface area (Å²) in [4.78, 5) is 16.5. The van der Waals surface area contributed by atoms with E-state index in [2.05, 4.69) is 303 Å². The first-order valence-corrected chi connectivity index (χ1v) is 28.7. The van der Waals surface area contributed by atoms with Crippen LogP contribution in [0.4, 0.5) is 0 Å². The molecule has 0 saturated heterocycles. The van der Waals surface area contributed by atoms with Crippen molar-refractivity contribution in [3.63, 3.8) is 0 Å². The van der Waals surface area contributed by atoms with Crippen LogP contribution in [0.15, 0.2) is 329 Å².